The Bertz CT molecular complexity index is 544. The van der Waals surface area contributed by atoms with Crippen LogP contribution in [0, 0.1) is 6.92 Å². The Labute approximate surface area is 127 Å². The van der Waals surface area contributed by atoms with E-state index in [1.807, 2.05) is 11.8 Å². The van der Waals surface area contributed by atoms with E-state index in [0.29, 0.717) is 10.9 Å². The molecule has 4 nitrogen and oxygen atoms in total. The van der Waals surface area contributed by atoms with Crippen molar-refractivity contribution in [3.05, 3.63) is 10.2 Å². The van der Waals surface area contributed by atoms with E-state index in [9.17, 15) is 8.42 Å². The lowest BCUT2D eigenvalue weighted by Crippen LogP contribution is -2.33. The van der Waals surface area contributed by atoms with Gasteiger partial charge in [0.05, 0.1) is 5.69 Å². The molecule has 0 amide bonds. The van der Waals surface area contributed by atoms with Crippen molar-refractivity contribution in [3.8, 4) is 0 Å². The van der Waals surface area contributed by atoms with E-state index in [4.69, 9.17) is 11.6 Å². The largest absolute Gasteiger partial charge is 0.252 e. The number of nitrogens with one attached hydrogen (secondary N) is 1. The van der Waals surface area contributed by atoms with Gasteiger partial charge < -0.3 is 0 Å². The fourth-order valence-corrected chi connectivity index (χ4v) is 6.49. The summed E-state index contributed by atoms with van der Waals surface area (Å²) in [6.07, 6.45) is 2.89. The van der Waals surface area contributed by atoms with Gasteiger partial charge in [-0.3, -0.25) is 0 Å². The lowest BCUT2D eigenvalue weighted by molar-refractivity contribution is 0.554. The predicted molar refractivity (Wildman–Crippen MR) is 81.7 cm³/mol. The summed E-state index contributed by atoms with van der Waals surface area (Å²) in [6.45, 7) is 3.80. The van der Waals surface area contributed by atoms with Crippen LogP contribution in [0.1, 0.15) is 31.9 Å². The van der Waals surface area contributed by atoms with Crippen LogP contribution in [-0.2, 0) is 10.0 Å². The topological polar surface area (TPSA) is 59.1 Å². The zero-order valence-corrected chi connectivity index (χ0v) is 14.1. The molecule has 1 aromatic rings. The lowest BCUT2D eigenvalue weighted by Gasteiger charge is -2.12. The average Bonchev–Trinajstić information content (AvgIpc) is 2.86. The smallest absolute Gasteiger partial charge is 0.229 e. The summed E-state index contributed by atoms with van der Waals surface area (Å²) in [5.74, 6) is 1.08. The molecule has 1 saturated carbocycles. The maximum atomic E-state index is 12.3. The Kier molecular flexibility index (Phi) is 5.16. The van der Waals surface area contributed by atoms with E-state index in [2.05, 4.69) is 16.6 Å². The lowest BCUT2D eigenvalue weighted by atomic mass is 10.3. The maximum Gasteiger partial charge on any atom is 0.252 e. The number of aryl methyl sites for hydroxylation is 1. The fourth-order valence-electron chi connectivity index (χ4n) is 2.31. The van der Waals surface area contributed by atoms with Crippen LogP contribution in [0.15, 0.2) is 4.21 Å². The first-order valence-corrected chi connectivity index (χ1v) is 9.92. The van der Waals surface area contributed by atoms with Crippen molar-refractivity contribution in [2.24, 2.45) is 0 Å². The van der Waals surface area contributed by atoms with Gasteiger partial charge in [-0.1, -0.05) is 29.9 Å². The van der Waals surface area contributed by atoms with Crippen LogP contribution in [-0.4, -0.2) is 30.4 Å². The highest BCUT2D eigenvalue weighted by atomic mass is 35.5. The number of thiazole rings is 1. The van der Waals surface area contributed by atoms with Crippen molar-refractivity contribution in [1.82, 2.24) is 9.71 Å². The summed E-state index contributed by atoms with van der Waals surface area (Å²) in [5, 5.41) is 0.573. The van der Waals surface area contributed by atoms with E-state index < -0.39 is 10.0 Å². The number of rotatable bonds is 5. The zero-order chi connectivity index (χ0) is 14.0. The van der Waals surface area contributed by atoms with Crippen molar-refractivity contribution in [3.63, 3.8) is 0 Å². The van der Waals surface area contributed by atoms with Gasteiger partial charge in [0.15, 0.2) is 8.68 Å². The minimum absolute atomic E-state index is 0.0364. The van der Waals surface area contributed by atoms with Gasteiger partial charge in [-0.15, -0.1) is 0 Å². The second-order valence-electron chi connectivity index (χ2n) is 4.55. The highest BCUT2D eigenvalue weighted by molar-refractivity contribution is 7.99. The number of halogens is 1. The predicted octanol–water partition coefficient (Wildman–Crippen LogP) is 3.06. The molecule has 1 aliphatic carbocycles. The summed E-state index contributed by atoms with van der Waals surface area (Å²) >= 11 is 8.69. The molecule has 1 heterocycles. The molecular weight excluding hydrogens is 324 g/mol. The number of hydrogen-bond donors (Lipinski definition) is 1. The molecule has 0 radical (unpaired) electrons. The van der Waals surface area contributed by atoms with Crippen LogP contribution in [0.25, 0.3) is 0 Å². The number of aromatic nitrogens is 1. The molecule has 2 unspecified atom stereocenters. The molecule has 0 spiro atoms. The highest BCUT2D eigenvalue weighted by Crippen LogP contribution is 2.32. The average molecular weight is 341 g/mol. The van der Waals surface area contributed by atoms with Crippen LogP contribution in [0.5, 0.6) is 0 Å². The Morgan fingerprint density at radius 1 is 1.53 bits per heavy atom. The minimum atomic E-state index is -3.48. The second kappa shape index (κ2) is 6.30. The number of hydrogen-bond acceptors (Lipinski definition) is 5. The van der Waals surface area contributed by atoms with E-state index >= 15 is 0 Å². The molecule has 2 atom stereocenters. The van der Waals surface area contributed by atoms with Gasteiger partial charge in [0.25, 0.3) is 10.0 Å². The first-order valence-electron chi connectivity index (χ1n) is 6.19. The third kappa shape index (κ3) is 3.85. The molecule has 19 heavy (non-hydrogen) atoms. The molecule has 0 saturated heterocycles. The highest BCUT2D eigenvalue weighted by Gasteiger charge is 2.30. The SMILES string of the molecule is CCSC1CCC(NS(=O)(=O)c2sc(Cl)nc2C)C1. The maximum absolute atomic E-state index is 12.3. The second-order valence-corrected chi connectivity index (χ2v) is 9.62. The van der Waals surface area contributed by atoms with Crippen molar-refractivity contribution in [1.29, 1.82) is 0 Å². The summed E-state index contributed by atoms with van der Waals surface area (Å²) < 4.78 is 27.9. The fraction of sp³-hybridized carbons (Fsp3) is 0.727. The van der Waals surface area contributed by atoms with Crippen LogP contribution in [0.3, 0.4) is 0 Å². The Morgan fingerprint density at radius 3 is 2.84 bits per heavy atom. The monoisotopic (exact) mass is 340 g/mol. The minimum Gasteiger partial charge on any atom is -0.229 e. The molecule has 1 N–H and O–H groups in total. The number of thioether (sulfide) groups is 1. The number of sulfonamides is 1. The van der Waals surface area contributed by atoms with Crippen LogP contribution in [0.2, 0.25) is 4.47 Å². The van der Waals surface area contributed by atoms with E-state index in [-0.39, 0.29) is 14.7 Å². The van der Waals surface area contributed by atoms with Gasteiger partial charge >= 0.3 is 0 Å². The molecule has 1 aromatic heterocycles. The van der Waals surface area contributed by atoms with Crippen LogP contribution < -0.4 is 4.72 Å². The molecule has 1 aliphatic rings. The van der Waals surface area contributed by atoms with Crippen LogP contribution in [0.4, 0.5) is 0 Å². The molecule has 2 rings (SSSR count). The normalized spacial score (nSPS) is 23.9. The van der Waals surface area contributed by atoms with Gasteiger partial charge in [0.2, 0.25) is 0 Å². The first-order chi connectivity index (χ1) is 8.92. The molecule has 108 valence electrons. The molecule has 0 aliphatic heterocycles. The van der Waals surface area contributed by atoms with Crippen molar-refractivity contribution >= 4 is 44.7 Å². The van der Waals surface area contributed by atoms with Crippen molar-refractivity contribution < 1.29 is 8.42 Å². The molecular formula is C11H17ClN2O2S3. The van der Waals surface area contributed by atoms with E-state index in [0.717, 1.165) is 36.4 Å². The van der Waals surface area contributed by atoms with Crippen molar-refractivity contribution in [2.75, 3.05) is 5.75 Å². The Morgan fingerprint density at radius 2 is 2.26 bits per heavy atom. The van der Waals surface area contributed by atoms with Gasteiger partial charge in [0.1, 0.15) is 0 Å². The third-order valence-corrected chi connectivity index (χ3v) is 7.71. The summed E-state index contributed by atoms with van der Waals surface area (Å²) in [6, 6.07) is 0.0364. The summed E-state index contributed by atoms with van der Waals surface area (Å²) in [7, 11) is -3.48. The standard InChI is InChI=1S/C11H17ClN2O2S3/c1-3-17-9-5-4-8(6-9)14-19(15,16)10-7(2)13-11(12)18-10/h8-9,14H,3-6H2,1-2H3. The van der Waals surface area contributed by atoms with E-state index in [1.165, 1.54) is 0 Å². The first kappa shape index (κ1) is 15.6. The zero-order valence-electron chi connectivity index (χ0n) is 10.8. The summed E-state index contributed by atoms with van der Waals surface area (Å²) in [4.78, 5) is 3.96. The molecule has 1 fully saturated rings. The van der Waals surface area contributed by atoms with Gasteiger partial charge in [-0.05, 0) is 31.9 Å². The molecule has 0 bridgehead atoms. The quantitative estimate of drug-likeness (QED) is 0.895. The number of nitrogens with zero attached hydrogens (tertiary/aromatic N) is 1. The third-order valence-electron chi connectivity index (χ3n) is 3.08. The summed E-state index contributed by atoms with van der Waals surface area (Å²) in [5.41, 5.74) is 0.472. The van der Waals surface area contributed by atoms with Crippen LogP contribution >= 0.6 is 34.7 Å². The van der Waals surface area contributed by atoms with Gasteiger partial charge in [0, 0.05) is 11.3 Å². The molecule has 8 heteroatoms. The van der Waals surface area contributed by atoms with Crippen molar-refractivity contribution in [2.45, 2.75) is 48.6 Å². The molecule has 0 aromatic carbocycles. The van der Waals surface area contributed by atoms with E-state index in [1.54, 1.807) is 6.92 Å². The Hall–Kier alpha value is 0.180. The van der Waals surface area contributed by atoms with Gasteiger partial charge in [-0.2, -0.15) is 11.8 Å². The van der Waals surface area contributed by atoms with Gasteiger partial charge in [-0.25, -0.2) is 18.1 Å². The Balaban J connectivity index is 2.05.